The summed E-state index contributed by atoms with van der Waals surface area (Å²) in [5, 5.41) is 9.67. The van der Waals surface area contributed by atoms with E-state index in [1.54, 1.807) is 11.3 Å². The lowest BCUT2D eigenvalue weighted by atomic mass is 9.40. The zero-order valence-corrected chi connectivity index (χ0v) is 12.6. The molecule has 1 heterocycles. The van der Waals surface area contributed by atoms with Crippen molar-refractivity contribution < 1.29 is 0 Å². The van der Waals surface area contributed by atoms with Gasteiger partial charge in [-0.05, 0) is 66.9 Å². The van der Waals surface area contributed by atoms with Crippen molar-refractivity contribution in [1.82, 2.24) is 10.2 Å². The lowest BCUT2D eigenvalue weighted by Crippen LogP contribution is -2.56. The Bertz CT molecular complexity index is 494. The first-order valence-electron chi connectivity index (χ1n) is 6.90. The van der Waals surface area contributed by atoms with Crippen LogP contribution in [0.3, 0.4) is 0 Å². The summed E-state index contributed by atoms with van der Waals surface area (Å²) in [6.07, 6.45) is 8.19. The Morgan fingerprint density at radius 1 is 1.06 bits per heavy atom. The van der Waals surface area contributed by atoms with Crippen LogP contribution in [0.4, 0.5) is 0 Å². The van der Waals surface area contributed by atoms with Crippen molar-refractivity contribution in [1.29, 1.82) is 0 Å². The van der Waals surface area contributed by atoms with Gasteiger partial charge in [-0.3, -0.25) is 0 Å². The highest BCUT2D eigenvalue weighted by Gasteiger charge is 2.61. The summed E-state index contributed by atoms with van der Waals surface area (Å²) < 4.78 is 0.607. The number of hydrogen-bond acceptors (Lipinski definition) is 3. The molecule has 98 valence electrons. The topological polar surface area (TPSA) is 25.8 Å². The zero-order chi connectivity index (χ0) is 12.6. The van der Waals surface area contributed by atoms with Crippen molar-refractivity contribution in [2.24, 2.45) is 16.7 Å². The second-order valence-electron chi connectivity index (χ2n) is 7.77. The molecule has 2 atom stereocenters. The van der Waals surface area contributed by atoms with Crippen LogP contribution in [-0.2, 0) is 5.41 Å². The Labute approximate surface area is 117 Å². The van der Waals surface area contributed by atoms with Crippen molar-refractivity contribution in [3.63, 3.8) is 0 Å². The van der Waals surface area contributed by atoms with Crippen molar-refractivity contribution in [2.75, 3.05) is 0 Å². The molecule has 0 aromatic carbocycles. The van der Waals surface area contributed by atoms with Gasteiger partial charge in [-0.25, -0.2) is 0 Å². The van der Waals surface area contributed by atoms with Gasteiger partial charge in [0.15, 0.2) is 0 Å². The molecule has 4 fully saturated rings. The fourth-order valence-corrected chi connectivity index (χ4v) is 7.13. The second-order valence-corrected chi connectivity index (χ2v) is 9.33. The van der Waals surface area contributed by atoms with Gasteiger partial charge in [0.05, 0.1) is 0 Å². The molecule has 4 aliphatic rings. The highest BCUT2D eigenvalue weighted by Crippen LogP contribution is 2.70. The molecule has 4 bridgehead atoms. The first kappa shape index (κ1) is 11.7. The molecule has 0 radical (unpaired) electrons. The van der Waals surface area contributed by atoms with Crippen LogP contribution >= 0.6 is 22.9 Å². The zero-order valence-electron chi connectivity index (χ0n) is 11.0. The minimum Gasteiger partial charge on any atom is -0.142 e. The van der Waals surface area contributed by atoms with E-state index in [-0.39, 0.29) is 0 Å². The van der Waals surface area contributed by atoms with Gasteiger partial charge >= 0.3 is 0 Å². The van der Waals surface area contributed by atoms with E-state index in [0.29, 0.717) is 20.7 Å². The Morgan fingerprint density at radius 2 is 1.72 bits per heavy atom. The van der Waals surface area contributed by atoms with Crippen molar-refractivity contribution in [3.05, 3.63) is 9.47 Å². The van der Waals surface area contributed by atoms with Crippen LogP contribution < -0.4 is 0 Å². The average Bonchev–Trinajstić information content (AvgIpc) is 2.59. The standard InChI is InChI=1S/C14H19ClN2S/c1-12-3-9-4-13(2,6-12)8-14(5-9,7-12)10-16-17-11(15)18-10/h9H,3-8H2,1-2H3. The van der Waals surface area contributed by atoms with Crippen molar-refractivity contribution >= 4 is 22.9 Å². The summed E-state index contributed by atoms with van der Waals surface area (Å²) in [6, 6.07) is 0. The summed E-state index contributed by atoms with van der Waals surface area (Å²) >= 11 is 7.63. The van der Waals surface area contributed by atoms with E-state index in [1.165, 1.54) is 43.5 Å². The number of halogens is 1. The third-order valence-corrected chi connectivity index (χ3v) is 6.75. The Balaban J connectivity index is 1.82. The third kappa shape index (κ3) is 1.53. The van der Waals surface area contributed by atoms with E-state index >= 15 is 0 Å². The molecule has 0 spiro atoms. The average molecular weight is 283 g/mol. The number of aromatic nitrogens is 2. The first-order chi connectivity index (χ1) is 8.41. The summed E-state index contributed by atoms with van der Waals surface area (Å²) in [5.41, 5.74) is 1.37. The van der Waals surface area contributed by atoms with Gasteiger partial charge in [0.2, 0.25) is 4.47 Å². The van der Waals surface area contributed by atoms with Gasteiger partial charge in [0.25, 0.3) is 0 Å². The van der Waals surface area contributed by atoms with Crippen LogP contribution in [0.5, 0.6) is 0 Å². The fourth-order valence-electron chi connectivity index (χ4n) is 6.11. The lowest BCUT2D eigenvalue weighted by molar-refractivity contribution is -0.110. The minimum atomic E-state index is 0.299. The van der Waals surface area contributed by atoms with Crippen molar-refractivity contribution in [2.45, 2.75) is 57.8 Å². The van der Waals surface area contributed by atoms with E-state index < -0.39 is 0 Å². The van der Waals surface area contributed by atoms with Crippen LogP contribution in [0.1, 0.15) is 57.4 Å². The Kier molecular flexibility index (Phi) is 2.13. The van der Waals surface area contributed by atoms with E-state index in [1.807, 2.05) is 0 Å². The molecule has 0 saturated heterocycles. The van der Waals surface area contributed by atoms with E-state index in [0.717, 1.165) is 5.92 Å². The molecule has 4 heteroatoms. The molecule has 2 unspecified atom stereocenters. The van der Waals surface area contributed by atoms with Crippen LogP contribution in [-0.4, -0.2) is 10.2 Å². The molecule has 2 nitrogen and oxygen atoms in total. The molecule has 1 aromatic heterocycles. The smallest absolute Gasteiger partial charge is 0.142 e. The molecular formula is C14H19ClN2S. The minimum absolute atomic E-state index is 0.299. The van der Waals surface area contributed by atoms with Crippen molar-refractivity contribution in [3.8, 4) is 0 Å². The van der Waals surface area contributed by atoms with Gasteiger partial charge in [-0.2, -0.15) is 0 Å². The molecule has 0 amide bonds. The predicted octanol–water partition coefficient (Wildman–Crippen LogP) is 4.44. The molecule has 1 aromatic rings. The molecule has 0 aliphatic heterocycles. The third-order valence-electron chi connectivity index (χ3n) is 5.48. The monoisotopic (exact) mass is 282 g/mol. The maximum atomic E-state index is 6.01. The Morgan fingerprint density at radius 3 is 2.22 bits per heavy atom. The second kappa shape index (κ2) is 3.29. The Hall–Kier alpha value is -0.150. The van der Waals surface area contributed by atoms with Crippen LogP contribution in [0, 0.1) is 16.7 Å². The number of nitrogens with zero attached hydrogens (tertiary/aromatic N) is 2. The molecule has 4 aliphatic carbocycles. The van der Waals surface area contributed by atoms with Crippen LogP contribution in [0.2, 0.25) is 4.47 Å². The van der Waals surface area contributed by atoms with E-state index in [9.17, 15) is 0 Å². The van der Waals surface area contributed by atoms with E-state index in [4.69, 9.17) is 11.6 Å². The van der Waals surface area contributed by atoms with E-state index in [2.05, 4.69) is 24.0 Å². The van der Waals surface area contributed by atoms with Gasteiger partial charge in [-0.1, -0.05) is 25.2 Å². The van der Waals surface area contributed by atoms with Gasteiger partial charge < -0.3 is 0 Å². The molecule has 0 N–H and O–H groups in total. The maximum absolute atomic E-state index is 6.01. The normalized spacial score (nSPS) is 49.8. The highest BCUT2D eigenvalue weighted by molar-refractivity contribution is 7.15. The quantitative estimate of drug-likeness (QED) is 0.761. The molecule has 5 rings (SSSR count). The summed E-state index contributed by atoms with van der Waals surface area (Å²) in [4.78, 5) is 0. The van der Waals surface area contributed by atoms with Crippen LogP contribution in [0.15, 0.2) is 0 Å². The van der Waals surface area contributed by atoms with Gasteiger partial charge in [0, 0.05) is 5.41 Å². The number of hydrogen-bond donors (Lipinski definition) is 0. The van der Waals surface area contributed by atoms with Gasteiger partial charge in [0.1, 0.15) is 5.01 Å². The molecule has 18 heavy (non-hydrogen) atoms. The number of rotatable bonds is 1. The molecule has 4 saturated carbocycles. The van der Waals surface area contributed by atoms with Crippen LogP contribution in [0.25, 0.3) is 0 Å². The SMILES string of the molecule is CC12CC3CC(C)(C1)CC(c1nnc(Cl)s1)(C3)C2. The highest BCUT2D eigenvalue weighted by atomic mass is 35.5. The summed E-state index contributed by atoms with van der Waals surface area (Å²) in [6.45, 7) is 4.99. The summed E-state index contributed by atoms with van der Waals surface area (Å²) in [5.74, 6) is 0.902. The molecular weight excluding hydrogens is 264 g/mol. The lowest BCUT2D eigenvalue weighted by Gasteiger charge is -2.64. The predicted molar refractivity (Wildman–Crippen MR) is 74.0 cm³/mol. The summed E-state index contributed by atoms with van der Waals surface area (Å²) in [7, 11) is 0. The largest absolute Gasteiger partial charge is 0.207 e. The fraction of sp³-hybridized carbons (Fsp3) is 0.857. The van der Waals surface area contributed by atoms with Gasteiger partial charge in [-0.15, -0.1) is 10.2 Å². The first-order valence-corrected chi connectivity index (χ1v) is 8.10. The maximum Gasteiger partial charge on any atom is 0.207 e.